The predicted octanol–water partition coefficient (Wildman–Crippen LogP) is 4.91. The van der Waals surface area contributed by atoms with Gasteiger partial charge in [-0.2, -0.15) is 0 Å². The molecule has 0 unspecified atom stereocenters. The number of amides is 2. The molecular formula is C22H23F2N3O4. The molecule has 0 aliphatic heterocycles. The predicted molar refractivity (Wildman–Crippen MR) is 110 cm³/mol. The average molecular weight is 431 g/mol. The molecule has 3 aromatic rings. The number of carbonyl (C=O) groups excluding carboxylic acids is 2. The summed E-state index contributed by atoms with van der Waals surface area (Å²) in [5.41, 5.74) is 2.08. The van der Waals surface area contributed by atoms with Crippen molar-refractivity contribution in [2.24, 2.45) is 0 Å². The molecule has 0 fully saturated rings. The van der Waals surface area contributed by atoms with Crippen LogP contribution in [0.25, 0.3) is 0 Å². The molecule has 2 amide bonds. The number of benzene rings is 1. The summed E-state index contributed by atoms with van der Waals surface area (Å²) in [4.78, 5) is 29.5. The molecule has 164 valence electrons. The average Bonchev–Trinajstić information content (AvgIpc) is 3.33. The van der Waals surface area contributed by atoms with Crippen LogP contribution in [-0.2, 0) is 17.8 Å². The smallest absolute Gasteiger partial charge is 0.355 e. The Morgan fingerprint density at radius 3 is 2.65 bits per heavy atom. The van der Waals surface area contributed by atoms with Gasteiger partial charge in [0, 0.05) is 18.3 Å². The van der Waals surface area contributed by atoms with Crippen molar-refractivity contribution in [2.75, 3.05) is 11.9 Å². The lowest BCUT2D eigenvalue weighted by Gasteiger charge is -2.23. The fourth-order valence-electron chi connectivity index (χ4n) is 3.20. The van der Waals surface area contributed by atoms with Gasteiger partial charge in [0.2, 0.25) is 0 Å². The van der Waals surface area contributed by atoms with Crippen molar-refractivity contribution in [3.05, 3.63) is 76.5 Å². The van der Waals surface area contributed by atoms with Crippen LogP contribution in [0.1, 0.15) is 40.0 Å². The van der Waals surface area contributed by atoms with Gasteiger partial charge in [-0.05, 0) is 56.2 Å². The minimum Gasteiger partial charge on any atom is -0.467 e. The lowest BCUT2D eigenvalue weighted by molar-refractivity contribution is 0.0519. The van der Waals surface area contributed by atoms with E-state index in [-0.39, 0.29) is 25.4 Å². The number of hydrogen-bond donors (Lipinski definition) is 2. The van der Waals surface area contributed by atoms with Crippen molar-refractivity contribution in [3.63, 3.8) is 0 Å². The normalized spacial score (nSPS) is 10.7. The Morgan fingerprint density at radius 2 is 1.97 bits per heavy atom. The summed E-state index contributed by atoms with van der Waals surface area (Å²) >= 11 is 0. The molecule has 9 heteroatoms. The van der Waals surface area contributed by atoms with Crippen LogP contribution in [-0.4, -0.2) is 28.5 Å². The third kappa shape index (κ3) is 5.11. The number of nitrogens with zero attached hydrogens (tertiary/aromatic N) is 1. The minimum atomic E-state index is -0.758. The van der Waals surface area contributed by atoms with Crippen LogP contribution >= 0.6 is 0 Å². The molecule has 0 atom stereocenters. The highest BCUT2D eigenvalue weighted by Gasteiger charge is 2.23. The first kappa shape index (κ1) is 22.1. The van der Waals surface area contributed by atoms with E-state index in [4.69, 9.17) is 9.15 Å². The van der Waals surface area contributed by atoms with Crippen molar-refractivity contribution in [1.29, 1.82) is 0 Å². The molecule has 2 N–H and O–H groups in total. The zero-order valence-corrected chi connectivity index (χ0v) is 17.4. The van der Waals surface area contributed by atoms with E-state index in [9.17, 15) is 18.4 Å². The molecule has 2 aromatic heterocycles. The highest BCUT2D eigenvalue weighted by molar-refractivity contribution is 5.91. The summed E-state index contributed by atoms with van der Waals surface area (Å²) in [5.74, 6) is -1.42. The van der Waals surface area contributed by atoms with Gasteiger partial charge in [0.1, 0.15) is 23.1 Å². The molecule has 0 saturated heterocycles. The number of aryl methyl sites for hydroxylation is 1. The second kappa shape index (κ2) is 9.46. The lowest BCUT2D eigenvalue weighted by atomic mass is 10.1. The number of aromatic nitrogens is 1. The van der Waals surface area contributed by atoms with Crippen molar-refractivity contribution in [1.82, 2.24) is 9.88 Å². The molecule has 2 heterocycles. The number of urea groups is 1. The summed E-state index contributed by atoms with van der Waals surface area (Å²) in [6, 6.07) is 5.54. The first-order valence-electron chi connectivity index (χ1n) is 9.68. The number of carbonyl (C=O) groups is 2. The molecule has 31 heavy (non-hydrogen) atoms. The number of H-pyrrole nitrogens is 1. The summed E-state index contributed by atoms with van der Waals surface area (Å²) in [5, 5.41) is 2.40. The first-order chi connectivity index (χ1) is 14.8. The first-order valence-corrected chi connectivity index (χ1v) is 9.68. The number of nitrogens with one attached hydrogen (secondary N) is 2. The van der Waals surface area contributed by atoms with E-state index in [0.717, 1.165) is 18.2 Å². The van der Waals surface area contributed by atoms with Gasteiger partial charge in [-0.25, -0.2) is 18.4 Å². The van der Waals surface area contributed by atoms with E-state index in [1.807, 2.05) is 0 Å². The van der Waals surface area contributed by atoms with Crippen LogP contribution in [0, 0.1) is 25.5 Å². The van der Waals surface area contributed by atoms with Crippen LogP contribution in [0.3, 0.4) is 0 Å². The largest absolute Gasteiger partial charge is 0.467 e. The Labute approximate surface area is 178 Å². The molecular weight excluding hydrogens is 408 g/mol. The van der Waals surface area contributed by atoms with Gasteiger partial charge in [-0.1, -0.05) is 0 Å². The monoisotopic (exact) mass is 431 g/mol. The molecule has 7 nitrogen and oxygen atoms in total. The van der Waals surface area contributed by atoms with Crippen LogP contribution in [0.2, 0.25) is 0 Å². The van der Waals surface area contributed by atoms with Crippen molar-refractivity contribution in [3.8, 4) is 0 Å². The SMILES string of the molecule is CCOC(=O)c1[nH]c(C)c(CN(Cc2ccco2)C(=O)Nc2cc(F)ccc2F)c1C. The van der Waals surface area contributed by atoms with Gasteiger partial charge in [0.15, 0.2) is 0 Å². The van der Waals surface area contributed by atoms with E-state index in [0.29, 0.717) is 28.3 Å². The maximum absolute atomic E-state index is 14.0. The van der Waals surface area contributed by atoms with Crippen molar-refractivity contribution in [2.45, 2.75) is 33.9 Å². The molecule has 1 aromatic carbocycles. The fourth-order valence-corrected chi connectivity index (χ4v) is 3.20. The zero-order valence-electron chi connectivity index (χ0n) is 17.4. The number of rotatable bonds is 7. The number of halogens is 2. The third-order valence-corrected chi connectivity index (χ3v) is 4.81. The number of aromatic amines is 1. The number of hydrogen-bond acceptors (Lipinski definition) is 4. The van der Waals surface area contributed by atoms with Gasteiger partial charge in [-0.15, -0.1) is 0 Å². The third-order valence-electron chi connectivity index (χ3n) is 4.81. The zero-order chi connectivity index (χ0) is 22.5. The van der Waals surface area contributed by atoms with Gasteiger partial charge in [-0.3, -0.25) is 0 Å². The van der Waals surface area contributed by atoms with Crippen LogP contribution < -0.4 is 5.32 Å². The molecule has 0 radical (unpaired) electrons. The fraction of sp³-hybridized carbons (Fsp3) is 0.273. The highest BCUT2D eigenvalue weighted by Crippen LogP contribution is 2.23. The topological polar surface area (TPSA) is 87.6 Å². The standard InChI is InChI=1S/C22H23F2N3O4/c1-4-30-21(28)20-13(2)17(14(3)25-20)12-27(11-16-6-5-9-31-16)22(29)26-19-10-15(23)7-8-18(19)24/h5-10,25H,4,11-12H2,1-3H3,(H,26,29). The van der Waals surface area contributed by atoms with Crippen LogP contribution in [0.15, 0.2) is 41.0 Å². The van der Waals surface area contributed by atoms with Crippen molar-refractivity contribution >= 4 is 17.7 Å². The Morgan fingerprint density at radius 1 is 1.19 bits per heavy atom. The maximum atomic E-state index is 14.0. The second-order valence-electron chi connectivity index (χ2n) is 6.94. The summed E-state index contributed by atoms with van der Waals surface area (Å²) < 4.78 is 37.9. The molecule has 0 saturated carbocycles. The van der Waals surface area contributed by atoms with Gasteiger partial charge in [0.25, 0.3) is 0 Å². The minimum absolute atomic E-state index is 0.0779. The summed E-state index contributed by atoms with van der Waals surface area (Å²) in [6.45, 7) is 5.65. The highest BCUT2D eigenvalue weighted by atomic mass is 19.1. The van der Waals surface area contributed by atoms with E-state index >= 15 is 0 Å². The molecule has 3 rings (SSSR count). The number of furan rings is 1. The number of anilines is 1. The molecule has 0 bridgehead atoms. The number of esters is 1. The molecule has 0 aliphatic rings. The van der Waals surface area contributed by atoms with E-state index in [1.54, 1.807) is 32.9 Å². The van der Waals surface area contributed by atoms with E-state index in [2.05, 4.69) is 10.3 Å². The van der Waals surface area contributed by atoms with Crippen LogP contribution in [0.5, 0.6) is 0 Å². The maximum Gasteiger partial charge on any atom is 0.355 e. The Kier molecular flexibility index (Phi) is 6.74. The Balaban J connectivity index is 1.88. The Bertz CT molecular complexity index is 1080. The van der Waals surface area contributed by atoms with Gasteiger partial charge < -0.3 is 24.4 Å². The van der Waals surface area contributed by atoms with E-state index in [1.165, 1.54) is 11.2 Å². The van der Waals surface area contributed by atoms with Gasteiger partial charge in [0.05, 0.1) is 25.1 Å². The molecule has 0 spiro atoms. The van der Waals surface area contributed by atoms with Gasteiger partial charge >= 0.3 is 12.0 Å². The quantitative estimate of drug-likeness (QED) is 0.520. The second-order valence-corrected chi connectivity index (χ2v) is 6.94. The summed E-state index contributed by atoms with van der Waals surface area (Å²) in [7, 11) is 0. The van der Waals surface area contributed by atoms with Crippen molar-refractivity contribution < 1.29 is 27.5 Å². The lowest BCUT2D eigenvalue weighted by Crippen LogP contribution is -2.34. The number of ether oxygens (including phenoxy) is 1. The van der Waals surface area contributed by atoms with E-state index < -0.39 is 23.6 Å². The van der Waals surface area contributed by atoms with Crippen LogP contribution in [0.4, 0.5) is 19.3 Å². The molecule has 0 aliphatic carbocycles. The summed E-state index contributed by atoms with van der Waals surface area (Å²) in [6.07, 6.45) is 1.48. The Hall–Kier alpha value is -3.62.